The van der Waals surface area contributed by atoms with Crippen LogP contribution in [0.25, 0.3) is 0 Å². The Kier molecular flexibility index (Phi) is 6.70. The number of carbonyl (C=O) groups is 3. The molecule has 0 unspecified atom stereocenters. The summed E-state index contributed by atoms with van der Waals surface area (Å²) in [6.45, 7) is 7.30. The molecule has 6 nitrogen and oxygen atoms in total. The highest BCUT2D eigenvalue weighted by atomic mass is 16.5. The van der Waals surface area contributed by atoms with Crippen molar-refractivity contribution in [2.24, 2.45) is 5.41 Å². The Morgan fingerprint density at radius 2 is 1.71 bits per heavy atom. The summed E-state index contributed by atoms with van der Waals surface area (Å²) in [5, 5.41) is 2.84. The average Bonchev–Trinajstić information content (AvgIpc) is 2.53. The summed E-state index contributed by atoms with van der Waals surface area (Å²) >= 11 is 0. The Morgan fingerprint density at radius 3 is 2.17 bits per heavy atom. The molecule has 1 aromatic rings. The minimum Gasteiger partial charge on any atom is -0.464 e. The average molecular weight is 333 g/mol. The van der Waals surface area contributed by atoms with Crippen molar-refractivity contribution in [2.75, 3.05) is 19.0 Å². The van der Waals surface area contributed by atoms with E-state index in [9.17, 15) is 14.4 Å². The lowest BCUT2D eigenvalue weighted by Crippen LogP contribution is -2.22. The zero-order valence-corrected chi connectivity index (χ0v) is 14.6. The van der Waals surface area contributed by atoms with E-state index >= 15 is 0 Å². The second-order valence-corrected chi connectivity index (χ2v) is 6.09. The summed E-state index contributed by atoms with van der Waals surface area (Å²) in [5.74, 6) is -1.28. The van der Waals surface area contributed by atoms with Crippen molar-refractivity contribution in [2.45, 2.75) is 27.7 Å². The summed E-state index contributed by atoms with van der Waals surface area (Å²) < 4.78 is 9.60. The Balaban J connectivity index is 2.99. The van der Waals surface area contributed by atoms with Crippen molar-refractivity contribution in [3.63, 3.8) is 0 Å². The topological polar surface area (TPSA) is 81.7 Å². The van der Waals surface area contributed by atoms with Crippen molar-refractivity contribution in [1.29, 1.82) is 0 Å². The van der Waals surface area contributed by atoms with Crippen LogP contribution in [0, 0.1) is 5.41 Å². The number of ether oxygens (including phenoxy) is 2. The van der Waals surface area contributed by atoms with Gasteiger partial charge in [0.25, 0.3) is 0 Å². The van der Waals surface area contributed by atoms with E-state index in [1.165, 1.54) is 13.2 Å². The molecule has 6 heteroatoms. The summed E-state index contributed by atoms with van der Waals surface area (Å²) in [7, 11) is 1.24. The number of anilines is 1. The van der Waals surface area contributed by atoms with E-state index in [2.05, 4.69) is 5.32 Å². The van der Waals surface area contributed by atoms with Crippen LogP contribution in [0.15, 0.2) is 36.0 Å². The number of esters is 2. The highest BCUT2D eigenvalue weighted by Gasteiger charge is 2.22. The first-order chi connectivity index (χ1) is 11.2. The van der Waals surface area contributed by atoms with E-state index in [4.69, 9.17) is 9.47 Å². The summed E-state index contributed by atoms with van der Waals surface area (Å²) in [5.41, 5.74) is 0.355. The molecule has 24 heavy (non-hydrogen) atoms. The van der Waals surface area contributed by atoms with Gasteiger partial charge in [-0.25, -0.2) is 9.59 Å². The van der Waals surface area contributed by atoms with Crippen LogP contribution in [0.5, 0.6) is 0 Å². The van der Waals surface area contributed by atoms with Gasteiger partial charge in [-0.3, -0.25) is 4.79 Å². The van der Waals surface area contributed by atoms with Gasteiger partial charge in [0.05, 0.1) is 19.3 Å². The first kappa shape index (κ1) is 19.4. The number of rotatable bonds is 6. The molecule has 130 valence electrons. The van der Waals surface area contributed by atoms with Crippen LogP contribution in [0.1, 0.15) is 38.1 Å². The van der Waals surface area contributed by atoms with Gasteiger partial charge in [0.2, 0.25) is 0 Å². The second kappa shape index (κ2) is 8.29. The van der Waals surface area contributed by atoms with Crippen LogP contribution in [0.2, 0.25) is 0 Å². The van der Waals surface area contributed by atoms with E-state index in [0.717, 1.165) is 0 Å². The van der Waals surface area contributed by atoms with Crippen LogP contribution in [-0.2, 0) is 19.1 Å². The molecule has 1 aromatic carbocycles. The number of nitrogens with one attached hydrogen (secondary N) is 1. The number of methoxy groups -OCH3 is 1. The maximum absolute atomic E-state index is 12.1. The molecule has 1 rings (SSSR count). The minimum absolute atomic E-state index is 0.0290. The normalized spacial score (nSPS) is 11.6. The van der Waals surface area contributed by atoms with Gasteiger partial charge in [-0.15, -0.1) is 0 Å². The standard InChI is InChI=1S/C18H23NO5/c1-6-24-16(21)12-7-9-13(10-8-12)19-14(17(22)23-5)11-15(20)18(2,3)4/h7-11,19H,6H2,1-5H3/b14-11-. The van der Waals surface area contributed by atoms with Crippen LogP contribution >= 0.6 is 0 Å². The number of ketones is 1. The quantitative estimate of drug-likeness (QED) is 0.637. The lowest BCUT2D eigenvalue weighted by atomic mass is 9.90. The second-order valence-electron chi connectivity index (χ2n) is 6.09. The first-order valence-electron chi connectivity index (χ1n) is 7.57. The highest BCUT2D eigenvalue weighted by Crippen LogP contribution is 2.18. The molecule has 0 aliphatic rings. The molecule has 0 radical (unpaired) electrons. The molecule has 0 atom stereocenters. The van der Waals surface area contributed by atoms with Crippen molar-refractivity contribution < 1.29 is 23.9 Å². The Bertz CT molecular complexity index is 638. The monoisotopic (exact) mass is 333 g/mol. The molecule has 0 saturated carbocycles. The molecule has 0 spiro atoms. The van der Waals surface area contributed by atoms with E-state index in [1.807, 2.05) is 0 Å². The maximum atomic E-state index is 12.1. The minimum atomic E-state index is -0.651. The molecule has 0 bridgehead atoms. The van der Waals surface area contributed by atoms with Gasteiger partial charge in [0.1, 0.15) is 5.70 Å². The van der Waals surface area contributed by atoms with E-state index < -0.39 is 17.4 Å². The third-order valence-electron chi connectivity index (χ3n) is 3.09. The number of carbonyl (C=O) groups excluding carboxylic acids is 3. The molecule has 1 N–H and O–H groups in total. The van der Waals surface area contributed by atoms with Gasteiger partial charge in [0.15, 0.2) is 5.78 Å². The lowest BCUT2D eigenvalue weighted by Gasteiger charge is -2.15. The predicted molar refractivity (Wildman–Crippen MR) is 90.6 cm³/mol. The van der Waals surface area contributed by atoms with Gasteiger partial charge in [-0.1, -0.05) is 20.8 Å². The predicted octanol–water partition coefficient (Wildman–Crippen LogP) is 2.95. The fourth-order valence-electron chi connectivity index (χ4n) is 1.66. The molecule has 0 saturated heterocycles. The van der Waals surface area contributed by atoms with Gasteiger partial charge < -0.3 is 14.8 Å². The largest absolute Gasteiger partial charge is 0.464 e. The van der Waals surface area contributed by atoms with E-state index in [1.54, 1.807) is 52.0 Å². The Hall–Kier alpha value is -2.63. The fourth-order valence-corrected chi connectivity index (χ4v) is 1.66. The van der Waals surface area contributed by atoms with Gasteiger partial charge in [0, 0.05) is 17.2 Å². The third-order valence-corrected chi connectivity index (χ3v) is 3.09. The van der Waals surface area contributed by atoms with Gasteiger partial charge in [-0.05, 0) is 31.2 Å². The molecule has 0 fully saturated rings. The molecule has 0 aromatic heterocycles. The molecule has 0 heterocycles. The molecule has 0 aliphatic carbocycles. The third kappa shape index (κ3) is 5.53. The van der Waals surface area contributed by atoms with Crippen LogP contribution in [-0.4, -0.2) is 31.4 Å². The number of hydrogen-bond donors (Lipinski definition) is 1. The zero-order valence-electron chi connectivity index (χ0n) is 14.6. The van der Waals surface area contributed by atoms with Crippen molar-refractivity contribution in [3.8, 4) is 0 Å². The SMILES string of the molecule is CCOC(=O)c1ccc(N/C(=C\C(=O)C(C)(C)C)C(=O)OC)cc1. The number of hydrogen-bond acceptors (Lipinski definition) is 6. The first-order valence-corrected chi connectivity index (χ1v) is 7.57. The molecule has 0 aliphatic heterocycles. The number of benzene rings is 1. The zero-order chi connectivity index (χ0) is 18.3. The van der Waals surface area contributed by atoms with Crippen LogP contribution in [0.3, 0.4) is 0 Å². The van der Waals surface area contributed by atoms with Crippen LogP contribution < -0.4 is 5.32 Å². The molecule has 0 amide bonds. The Morgan fingerprint density at radius 1 is 1.12 bits per heavy atom. The van der Waals surface area contributed by atoms with Gasteiger partial charge >= 0.3 is 11.9 Å². The number of allylic oxidation sites excluding steroid dienone is 1. The van der Waals surface area contributed by atoms with Crippen molar-refractivity contribution in [3.05, 3.63) is 41.6 Å². The maximum Gasteiger partial charge on any atom is 0.354 e. The van der Waals surface area contributed by atoms with E-state index in [0.29, 0.717) is 17.9 Å². The van der Waals surface area contributed by atoms with Crippen molar-refractivity contribution >= 4 is 23.4 Å². The van der Waals surface area contributed by atoms with Gasteiger partial charge in [-0.2, -0.15) is 0 Å². The summed E-state index contributed by atoms with van der Waals surface area (Å²) in [6.07, 6.45) is 1.23. The van der Waals surface area contributed by atoms with Crippen LogP contribution in [0.4, 0.5) is 5.69 Å². The molecular weight excluding hydrogens is 310 g/mol. The summed E-state index contributed by atoms with van der Waals surface area (Å²) in [6, 6.07) is 6.37. The smallest absolute Gasteiger partial charge is 0.354 e. The van der Waals surface area contributed by atoms with Crippen molar-refractivity contribution in [1.82, 2.24) is 0 Å². The molecular formula is C18H23NO5. The highest BCUT2D eigenvalue weighted by molar-refractivity contribution is 6.03. The fraction of sp³-hybridized carbons (Fsp3) is 0.389. The van der Waals surface area contributed by atoms with E-state index in [-0.39, 0.29) is 11.5 Å². The Labute approximate surface area is 141 Å². The lowest BCUT2D eigenvalue weighted by molar-refractivity contribution is -0.136. The summed E-state index contributed by atoms with van der Waals surface area (Å²) in [4.78, 5) is 35.6.